The Bertz CT molecular complexity index is 554. The van der Waals surface area contributed by atoms with E-state index in [1.54, 1.807) is 23.5 Å². The minimum atomic E-state index is -2.79. The molecule has 0 spiro atoms. The van der Waals surface area contributed by atoms with Crippen LogP contribution >= 0.6 is 11.3 Å². The third kappa shape index (κ3) is 3.92. The Balaban J connectivity index is 2.01. The number of alkyl halides is 2. The molecule has 0 unspecified atom stereocenters. The second-order valence-electron chi connectivity index (χ2n) is 4.20. The van der Waals surface area contributed by atoms with Gasteiger partial charge in [-0.15, -0.1) is 11.3 Å². The highest BCUT2D eigenvalue weighted by Gasteiger charge is 2.06. The highest BCUT2D eigenvalue weighted by Crippen LogP contribution is 2.23. The summed E-state index contributed by atoms with van der Waals surface area (Å²) in [7, 11) is 0. The first-order valence-corrected chi connectivity index (χ1v) is 6.71. The lowest BCUT2D eigenvalue weighted by Crippen LogP contribution is -2.03. The molecule has 102 valence electrons. The molecule has 2 nitrogen and oxygen atoms in total. The van der Waals surface area contributed by atoms with Crippen LogP contribution in [0.5, 0.6) is 5.75 Å². The van der Waals surface area contributed by atoms with Gasteiger partial charge in [-0.2, -0.15) is 8.78 Å². The summed E-state index contributed by atoms with van der Waals surface area (Å²) in [4.78, 5) is 2.54. The SMILES string of the molecule is Cc1cc(CNc2cccc(OC(F)F)c2)c(C)s1. The largest absolute Gasteiger partial charge is 0.435 e. The fourth-order valence-electron chi connectivity index (χ4n) is 1.84. The predicted molar refractivity (Wildman–Crippen MR) is 74.2 cm³/mol. The molecule has 1 N–H and O–H groups in total. The molecule has 0 amide bonds. The first-order valence-electron chi connectivity index (χ1n) is 5.89. The van der Waals surface area contributed by atoms with Crippen molar-refractivity contribution in [2.75, 3.05) is 5.32 Å². The van der Waals surface area contributed by atoms with Gasteiger partial charge in [-0.25, -0.2) is 0 Å². The molecule has 19 heavy (non-hydrogen) atoms. The molecule has 1 aromatic heterocycles. The van der Waals surface area contributed by atoms with Gasteiger partial charge in [0.1, 0.15) is 5.75 Å². The first-order chi connectivity index (χ1) is 9.04. The minimum absolute atomic E-state index is 0.165. The molecule has 2 rings (SSSR count). The quantitative estimate of drug-likeness (QED) is 0.867. The maximum Gasteiger partial charge on any atom is 0.387 e. The Kier molecular flexibility index (Phi) is 4.37. The lowest BCUT2D eigenvalue weighted by molar-refractivity contribution is -0.0498. The normalized spacial score (nSPS) is 10.8. The van der Waals surface area contributed by atoms with Crippen LogP contribution in [0.25, 0.3) is 0 Å². The van der Waals surface area contributed by atoms with Crippen LogP contribution in [0.4, 0.5) is 14.5 Å². The lowest BCUT2D eigenvalue weighted by atomic mass is 10.2. The zero-order chi connectivity index (χ0) is 13.8. The molecular formula is C14H15F2NOS. The average molecular weight is 283 g/mol. The molecule has 0 saturated carbocycles. The Morgan fingerprint density at radius 1 is 1.26 bits per heavy atom. The summed E-state index contributed by atoms with van der Waals surface area (Å²) >= 11 is 1.75. The van der Waals surface area contributed by atoms with Crippen LogP contribution in [0.3, 0.4) is 0 Å². The summed E-state index contributed by atoms with van der Waals surface area (Å²) in [5, 5.41) is 3.21. The highest BCUT2D eigenvalue weighted by atomic mass is 32.1. The number of hydrogen-bond acceptors (Lipinski definition) is 3. The van der Waals surface area contributed by atoms with E-state index >= 15 is 0 Å². The number of anilines is 1. The molecule has 0 aliphatic heterocycles. The van der Waals surface area contributed by atoms with Crippen LogP contribution in [0.15, 0.2) is 30.3 Å². The lowest BCUT2D eigenvalue weighted by Gasteiger charge is -2.09. The van der Waals surface area contributed by atoms with Crippen molar-refractivity contribution in [1.82, 2.24) is 0 Å². The molecule has 0 fully saturated rings. The number of benzene rings is 1. The molecule has 0 aliphatic rings. The van der Waals surface area contributed by atoms with E-state index in [0.29, 0.717) is 6.54 Å². The van der Waals surface area contributed by atoms with E-state index in [2.05, 4.69) is 30.0 Å². The van der Waals surface area contributed by atoms with E-state index in [9.17, 15) is 8.78 Å². The number of hydrogen-bond donors (Lipinski definition) is 1. The smallest absolute Gasteiger partial charge is 0.387 e. The van der Waals surface area contributed by atoms with Crippen molar-refractivity contribution in [3.05, 3.63) is 45.6 Å². The Hall–Kier alpha value is -1.62. The van der Waals surface area contributed by atoms with Crippen molar-refractivity contribution in [2.45, 2.75) is 27.0 Å². The fourth-order valence-corrected chi connectivity index (χ4v) is 2.78. The number of halogens is 2. The van der Waals surface area contributed by atoms with Crippen LogP contribution < -0.4 is 10.1 Å². The number of aryl methyl sites for hydroxylation is 2. The maximum atomic E-state index is 12.1. The predicted octanol–water partition coefficient (Wildman–Crippen LogP) is 4.58. The van der Waals surface area contributed by atoms with E-state index < -0.39 is 6.61 Å². The van der Waals surface area contributed by atoms with Crippen molar-refractivity contribution in [2.24, 2.45) is 0 Å². The van der Waals surface area contributed by atoms with E-state index in [1.165, 1.54) is 21.4 Å². The molecule has 0 bridgehead atoms. The third-order valence-electron chi connectivity index (χ3n) is 2.69. The third-order valence-corrected chi connectivity index (χ3v) is 3.69. The summed E-state index contributed by atoms with van der Waals surface area (Å²) in [5.41, 5.74) is 1.99. The zero-order valence-corrected chi connectivity index (χ0v) is 11.6. The maximum absolute atomic E-state index is 12.1. The summed E-state index contributed by atoms with van der Waals surface area (Å²) in [6.45, 7) is 2.02. The van der Waals surface area contributed by atoms with E-state index in [1.807, 2.05) is 6.07 Å². The average Bonchev–Trinajstić information content (AvgIpc) is 2.65. The van der Waals surface area contributed by atoms with Gasteiger partial charge in [0.2, 0.25) is 0 Å². The number of nitrogens with one attached hydrogen (secondary N) is 1. The van der Waals surface area contributed by atoms with Crippen molar-refractivity contribution < 1.29 is 13.5 Å². The van der Waals surface area contributed by atoms with Gasteiger partial charge in [-0.05, 0) is 37.6 Å². The number of ether oxygens (including phenoxy) is 1. The van der Waals surface area contributed by atoms with Gasteiger partial charge in [0.15, 0.2) is 0 Å². The summed E-state index contributed by atoms with van der Waals surface area (Å²) in [6, 6.07) is 8.73. The van der Waals surface area contributed by atoms with Crippen molar-refractivity contribution in [3.8, 4) is 5.75 Å². The summed E-state index contributed by atoms with van der Waals surface area (Å²) in [5.74, 6) is 0.165. The molecule has 2 aromatic rings. The van der Waals surface area contributed by atoms with E-state index in [0.717, 1.165) is 5.69 Å². The second kappa shape index (κ2) is 6.02. The summed E-state index contributed by atoms with van der Waals surface area (Å²) in [6.07, 6.45) is 0. The fraction of sp³-hybridized carbons (Fsp3) is 0.286. The number of rotatable bonds is 5. The van der Waals surface area contributed by atoms with Gasteiger partial charge in [0.25, 0.3) is 0 Å². The van der Waals surface area contributed by atoms with Gasteiger partial charge in [0.05, 0.1) is 0 Å². The molecular weight excluding hydrogens is 268 g/mol. The molecule has 0 radical (unpaired) electrons. The molecule has 0 atom stereocenters. The standard InChI is InChI=1S/C14H15F2NOS/c1-9-6-11(10(2)19-9)8-17-12-4-3-5-13(7-12)18-14(15)16/h3-7,14,17H,8H2,1-2H3. The van der Waals surface area contributed by atoms with Crippen molar-refractivity contribution in [3.63, 3.8) is 0 Å². The zero-order valence-electron chi connectivity index (χ0n) is 10.7. The molecule has 1 heterocycles. The molecule has 1 aromatic carbocycles. The van der Waals surface area contributed by atoms with Gasteiger partial charge in [-0.3, -0.25) is 0 Å². The Morgan fingerprint density at radius 3 is 2.68 bits per heavy atom. The number of thiophene rings is 1. The molecule has 0 saturated heterocycles. The van der Waals surface area contributed by atoms with Crippen LogP contribution in [-0.2, 0) is 6.54 Å². The van der Waals surface area contributed by atoms with Gasteiger partial charge < -0.3 is 10.1 Å². The first kappa shape index (κ1) is 13.8. The topological polar surface area (TPSA) is 21.3 Å². The van der Waals surface area contributed by atoms with Crippen molar-refractivity contribution in [1.29, 1.82) is 0 Å². The minimum Gasteiger partial charge on any atom is -0.435 e. The van der Waals surface area contributed by atoms with Crippen LogP contribution in [0.2, 0.25) is 0 Å². The summed E-state index contributed by atoms with van der Waals surface area (Å²) < 4.78 is 28.6. The van der Waals surface area contributed by atoms with Crippen LogP contribution in [0.1, 0.15) is 15.3 Å². The highest BCUT2D eigenvalue weighted by molar-refractivity contribution is 7.12. The molecule has 0 aliphatic carbocycles. The van der Waals surface area contributed by atoms with Gasteiger partial charge in [-0.1, -0.05) is 6.07 Å². The van der Waals surface area contributed by atoms with Crippen LogP contribution in [-0.4, -0.2) is 6.61 Å². The van der Waals surface area contributed by atoms with Gasteiger partial charge in [0, 0.05) is 28.1 Å². The van der Waals surface area contributed by atoms with E-state index in [4.69, 9.17) is 0 Å². The second-order valence-corrected chi connectivity index (χ2v) is 5.66. The Labute approximate surface area is 115 Å². The molecule has 5 heteroatoms. The van der Waals surface area contributed by atoms with E-state index in [-0.39, 0.29) is 5.75 Å². The Morgan fingerprint density at radius 2 is 2.05 bits per heavy atom. The van der Waals surface area contributed by atoms with Gasteiger partial charge >= 0.3 is 6.61 Å². The van der Waals surface area contributed by atoms with Crippen LogP contribution in [0, 0.1) is 13.8 Å². The monoisotopic (exact) mass is 283 g/mol. The van der Waals surface area contributed by atoms with Crippen molar-refractivity contribution >= 4 is 17.0 Å².